The molecular formula is C12H11N3O2. The lowest BCUT2D eigenvalue weighted by molar-refractivity contribution is 0.102. The van der Waals surface area contributed by atoms with Crippen LogP contribution in [0.5, 0.6) is 5.75 Å². The van der Waals surface area contributed by atoms with Crippen molar-refractivity contribution in [2.45, 2.75) is 0 Å². The predicted octanol–water partition coefficient (Wildman–Crippen LogP) is 1.74. The van der Waals surface area contributed by atoms with Crippen LogP contribution in [0.4, 0.5) is 5.69 Å². The van der Waals surface area contributed by atoms with Gasteiger partial charge in [-0.3, -0.25) is 14.8 Å². The van der Waals surface area contributed by atoms with Crippen molar-refractivity contribution in [3.8, 4) is 5.75 Å². The maximum absolute atomic E-state index is 11.9. The van der Waals surface area contributed by atoms with Gasteiger partial charge in [-0.05, 0) is 18.2 Å². The average Bonchev–Trinajstić information content (AvgIpc) is 2.40. The lowest BCUT2D eigenvalue weighted by Gasteiger charge is -2.08. The Labute approximate surface area is 98.5 Å². The highest BCUT2D eigenvalue weighted by Crippen LogP contribution is 2.22. The third-order valence-corrected chi connectivity index (χ3v) is 2.20. The third-order valence-electron chi connectivity index (χ3n) is 2.20. The molecule has 0 fully saturated rings. The molecule has 0 spiro atoms. The molecular weight excluding hydrogens is 218 g/mol. The van der Waals surface area contributed by atoms with Gasteiger partial charge in [0.25, 0.3) is 5.91 Å². The molecule has 17 heavy (non-hydrogen) atoms. The summed E-state index contributed by atoms with van der Waals surface area (Å²) < 4.78 is 5.09. The molecule has 2 aromatic rings. The molecule has 2 aromatic heterocycles. The molecule has 0 aliphatic rings. The van der Waals surface area contributed by atoms with Gasteiger partial charge >= 0.3 is 0 Å². The molecule has 0 unspecified atom stereocenters. The quantitative estimate of drug-likeness (QED) is 0.870. The molecule has 1 amide bonds. The van der Waals surface area contributed by atoms with E-state index in [9.17, 15) is 4.79 Å². The van der Waals surface area contributed by atoms with Gasteiger partial charge < -0.3 is 10.1 Å². The van der Waals surface area contributed by atoms with E-state index < -0.39 is 0 Å². The largest absolute Gasteiger partial charge is 0.493 e. The van der Waals surface area contributed by atoms with E-state index in [-0.39, 0.29) is 5.91 Å². The molecule has 0 aliphatic heterocycles. The number of anilines is 1. The van der Waals surface area contributed by atoms with Crippen LogP contribution in [0, 0.1) is 0 Å². The van der Waals surface area contributed by atoms with Gasteiger partial charge in [-0.15, -0.1) is 0 Å². The van der Waals surface area contributed by atoms with Crippen LogP contribution in [-0.2, 0) is 0 Å². The average molecular weight is 229 g/mol. The Bertz CT molecular complexity index is 514. The minimum Gasteiger partial charge on any atom is -0.493 e. The van der Waals surface area contributed by atoms with Gasteiger partial charge in [-0.25, -0.2) is 0 Å². The Morgan fingerprint density at radius 2 is 1.88 bits per heavy atom. The molecule has 2 heterocycles. The van der Waals surface area contributed by atoms with Crippen molar-refractivity contribution in [1.82, 2.24) is 9.97 Å². The van der Waals surface area contributed by atoms with Gasteiger partial charge in [0, 0.05) is 24.2 Å². The van der Waals surface area contributed by atoms with Crippen LogP contribution in [0.2, 0.25) is 0 Å². The fraction of sp³-hybridized carbons (Fsp3) is 0.0833. The normalized spacial score (nSPS) is 9.71. The monoisotopic (exact) mass is 229 g/mol. The van der Waals surface area contributed by atoms with Crippen LogP contribution in [0.1, 0.15) is 10.4 Å². The molecule has 0 radical (unpaired) electrons. The first-order valence-electron chi connectivity index (χ1n) is 5.00. The van der Waals surface area contributed by atoms with Crippen molar-refractivity contribution in [2.75, 3.05) is 12.4 Å². The Hall–Kier alpha value is -2.43. The molecule has 5 heteroatoms. The first-order chi connectivity index (χ1) is 8.31. The molecule has 0 aromatic carbocycles. The van der Waals surface area contributed by atoms with E-state index in [1.165, 1.54) is 7.11 Å². The summed E-state index contributed by atoms with van der Waals surface area (Å²) in [6.45, 7) is 0. The smallest absolute Gasteiger partial charge is 0.255 e. The number of amides is 1. The molecule has 0 saturated heterocycles. The van der Waals surface area contributed by atoms with Gasteiger partial charge in [-0.2, -0.15) is 0 Å². The maximum atomic E-state index is 11.9. The topological polar surface area (TPSA) is 64.1 Å². The fourth-order valence-electron chi connectivity index (χ4n) is 1.34. The zero-order chi connectivity index (χ0) is 12.1. The van der Waals surface area contributed by atoms with Crippen molar-refractivity contribution in [1.29, 1.82) is 0 Å². The molecule has 0 bridgehead atoms. The summed E-state index contributed by atoms with van der Waals surface area (Å²) in [5, 5.41) is 2.75. The summed E-state index contributed by atoms with van der Waals surface area (Å²) >= 11 is 0. The molecule has 86 valence electrons. The van der Waals surface area contributed by atoms with E-state index in [1.807, 2.05) is 0 Å². The van der Waals surface area contributed by atoms with E-state index >= 15 is 0 Å². The van der Waals surface area contributed by atoms with E-state index in [1.54, 1.807) is 43.0 Å². The highest BCUT2D eigenvalue weighted by atomic mass is 16.5. The van der Waals surface area contributed by atoms with Gasteiger partial charge in [0.15, 0.2) is 5.75 Å². The number of aromatic nitrogens is 2. The standard InChI is InChI=1S/C12H11N3O2/c1-17-11-8-14-7-4-10(11)15-12(16)9-2-5-13-6-3-9/h2-8H,1H3,(H,14,15,16). The van der Waals surface area contributed by atoms with Crippen LogP contribution >= 0.6 is 0 Å². The highest BCUT2D eigenvalue weighted by molar-refractivity contribution is 6.04. The lowest BCUT2D eigenvalue weighted by Crippen LogP contribution is -2.12. The second-order valence-electron chi connectivity index (χ2n) is 3.27. The summed E-state index contributed by atoms with van der Waals surface area (Å²) in [7, 11) is 1.53. The third kappa shape index (κ3) is 2.57. The van der Waals surface area contributed by atoms with E-state index in [0.717, 1.165) is 0 Å². The number of hydrogen-bond acceptors (Lipinski definition) is 4. The number of nitrogens with one attached hydrogen (secondary N) is 1. The highest BCUT2D eigenvalue weighted by Gasteiger charge is 2.08. The summed E-state index contributed by atoms with van der Waals surface area (Å²) in [6, 6.07) is 4.96. The van der Waals surface area contributed by atoms with Crippen molar-refractivity contribution >= 4 is 11.6 Å². The zero-order valence-corrected chi connectivity index (χ0v) is 9.25. The van der Waals surface area contributed by atoms with Gasteiger partial charge in [0.05, 0.1) is 19.0 Å². The minimum absolute atomic E-state index is 0.211. The van der Waals surface area contributed by atoms with Crippen LogP contribution in [0.25, 0.3) is 0 Å². The lowest BCUT2D eigenvalue weighted by atomic mass is 10.2. The number of methoxy groups -OCH3 is 1. The summed E-state index contributed by atoms with van der Waals surface area (Å²) in [6.07, 6.45) is 6.27. The Morgan fingerprint density at radius 3 is 2.59 bits per heavy atom. The Morgan fingerprint density at radius 1 is 1.18 bits per heavy atom. The van der Waals surface area contributed by atoms with Crippen LogP contribution in [0.15, 0.2) is 43.0 Å². The summed E-state index contributed by atoms with van der Waals surface area (Å²) in [4.78, 5) is 19.6. The number of nitrogens with zero attached hydrogens (tertiary/aromatic N) is 2. The number of carbonyl (C=O) groups excluding carboxylic acids is 1. The molecule has 2 rings (SSSR count). The second-order valence-corrected chi connectivity index (χ2v) is 3.27. The summed E-state index contributed by atoms with van der Waals surface area (Å²) in [5.74, 6) is 0.312. The molecule has 0 saturated carbocycles. The maximum Gasteiger partial charge on any atom is 0.255 e. The molecule has 5 nitrogen and oxygen atoms in total. The molecule has 1 N–H and O–H groups in total. The first-order valence-corrected chi connectivity index (χ1v) is 5.00. The number of hydrogen-bond donors (Lipinski definition) is 1. The number of ether oxygens (including phenoxy) is 1. The van der Waals surface area contributed by atoms with Gasteiger partial charge in [0.2, 0.25) is 0 Å². The van der Waals surface area contributed by atoms with Crippen LogP contribution < -0.4 is 10.1 Å². The van der Waals surface area contributed by atoms with Crippen molar-refractivity contribution in [3.63, 3.8) is 0 Å². The van der Waals surface area contributed by atoms with Crippen LogP contribution in [-0.4, -0.2) is 23.0 Å². The van der Waals surface area contributed by atoms with Crippen molar-refractivity contribution in [3.05, 3.63) is 48.5 Å². The van der Waals surface area contributed by atoms with E-state index in [0.29, 0.717) is 17.0 Å². The minimum atomic E-state index is -0.211. The van der Waals surface area contributed by atoms with Crippen molar-refractivity contribution in [2.24, 2.45) is 0 Å². The zero-order valence-electron chi connectivity index (χ0n) is 9.25. The second kappa shape index (κ2) is 5.07. The van der Waals surface area contributed by atoms with Gasteiger partial charge in [-0.1, -0.05) is 0 Å². The summed E-state index contributed by atoms with van der Waals surface area (Å²) in [5.41, 5.74) is 1.13. The van der Waals surface area contributed by atoms with E-state index in [4.69, 9.17) is 4.74 Å². The molecule has 0 atom stereocenters. The first kappa shape index (κ1) is 11.1. The van der Waals surface area contributed by atoms with E-state index in [2.05, 4.69) is 15.3 Å². The van der Waals surface area contributed by atoms with Crippen molar-refractivity contribution < 1.29 is 9.53 Å². The van der Waals surface area contributed by atoms with Gasteiger partial charge in [0.1, 0.15) is 0 Å². The molecule has 0 aliphatic carbocycles. The Kier molecular flexibility index (Phi) is 3.30. The predicted molar refractivity (Wildman–Crippen MR) is 63.0 cm³/mol. The van der Waals surface area contributed by atoms with Crippen LogP contribution in [0.3, 0.4) is 0 Å². The number of pyridine rings is 2. The fourth-order valence-corrected chi connectivity index (χ4v) is 1.34. The SMILES string of the molecule is COc1cnccc1NC(=O)c1ccncc1. The Balaban J connectivity index is 2.19. The number of rotatable bonds is 3. The number of carbonyl (C=O) groups is 1.